The zero-order valence-corrected chi connectivity index (χ0v) is 10.9. The summed E-state index contributed by atoms with van der Waals surface area (Å²) in [7, 11) is 0. The first-order chi connectivity index (χ1) is 9.45. The van der Waals surface area contributed by atoms with E-state index in [1.165, 1.54) is 0 Å². The molecule has 6 heteroatoms. The van der Waals surface area contributed by atoms with Crippen LogP contribution in [0.15, 0.2) is 41.1 Å². The van der Waals surface area contributed by atoms with Gasteiger partial charge in [-0.2, -0.15) is 13.2 Å². The molecular weight excluding hydrogens is 269 g/mol. The predicted molar refractivity (Wildman–Crippen MR) is 69.4 cm³/mol. The van der Waals surface area contributed by atoms with Crippen LogP contribution in [0.3, 0.4) is 0 Å². The molecule has 0 aliphatic rings. The van der Waals surface area contributed by atoms with Crippen LogP contribution in [0.2, 0.25) is 0 Å². The van der Waals surface area contributed by atoms with Crippen LogP contribution in [0.5, 0.6) is 0 Å². The lowest BCUT2D eigenvalue weighted by molar-refractivity contribution is -0.137. The van der Waals surface area contributed by atoms with Gasteiger partial charge in [0.15, 0.2) is 0 Å². The van der Waals surface area contributed by atoms with Crippen LogP contribution < -0.4 is 5.32 Å². The van der Waals surface area contributed by atoms with Gasteiger partial charge in [0.05, 0.1) is 11.8 Å². The van der Waals surface area contributed by atoms with E-state index in [1.54, 1.807) is 6.26 Å². The Morgan fingerprint density at radius 3 is 2.80 bits per heavy atom. The van der Waals surface area contributed by atoms with Gasteiger partial charge < -0.3 is 9.73 Å². The van der Waals surface area contributed by atoms with Crippen molar-refractivity contribution < 1.29 is 17.6 Å². The maximum Gasteiger partial charge on any atom is 0.416 e. The molecule has 0 fully saturated rings. The van der Waals surface area contributed by atoms with Crippen molar-refractivity contribution in [3.8, 4) is 0 Å². The third-order valence-electron chi connectivity index (χ3n) is 2.89. The monoisotopic (exact) mass is 284 g/mol. The van der Waals surface area contributed by atoms with Crippen molar-refractivity contribution in [1.29, 1.82) is 0 Å². The minimum Gasteiger partial charge on any atom is -0.469 e. The predicted octanol–water partition coefficient (Wildman–Crippen LogP) is 4.13. The zero-order chi connectivity index (χ0) is 14.6. The van der Waals surface area contributed by atoms with Crippen LogP contribution in [0.1, 0.15) is 24.7 Å². The van der Waals surface area contributed by atoms with Crippen molar-refractivity contribution >= 4 is 5.82 Å². The van der Waals surface area contributed by atoms with Crippen LogP contribution in [0.4, 0.5) is 19.0 Å². The van der Waals surface area contributed by atoms with Crippen LogP contribution in [-0.2, 0) is 12.6 Å². The first-order valence-electron chi connectivity index (χ1n) is 6.27. The summed E-state index contributed by atoms with van der Waals surface area (Å²) in [6.07, 6.45) is -0.130. The van der Waals surface area contributed by atoms with Gasteiger partial charge in [0.25, 0.3) is 0 Å². The van der Waals surface area contributed by atoms with Gasteiger partial charge in [-0.25, -0.2) is 4.98 Å². The number of alkyl halides is 3. The second kappa shape index (κ2) is 5.98. The molecule has 2 aromatic rings. The standard InChI is InChI=1S/C14H15F3N2O/c1-10(4-5-12-3-2-8-20-12)19-13-9-11(6-7-18-13)14(15,16)17/h2-3,6-10H,4-5H2,1H3,(H,18,19). The van der Waals surface area contributed by atoms with E-state index in [1.807, 2.05) is 19.1 Å². The second-order valence-electron chi connectivity index (χ2n) is 4.59. The number of rotatable bonds is 5. The minimum absolute atomic E-state index is 0.00363. The molecule has 2 rings (SSSR count). The highest BCUT2D eigenvalue weighted by atomic mass is 19.4. The highest BCUT2D eigenvalue weighted by Crippen LogP contribution is 2.30. The van der Waals surface area contributed by atoms with Crippen molar-refractivity contribution in [3.63, 3.8) is 0 Å². The second-order valence-corrected chi connectivity index (χ2v) is 4.59. The molecule has 3 nitrogen and oxygen atoms in total. The molecule has 0 amide bonds. The Morgan fingerprint density at radius 1 is 1.35 bits per heavy atom. The minimum atomic E-state index is -4.35. The Labute approximate surface area is 114 Å². The number of pyridine rings is 1. The molecule has 2 aromatic heterocycles. The molecule has 20 heavy (non-hydrogen) atoms. The molecule has 1 unspecified atom stereocenters. The molecule has 1 N–H and O–H groups in total. The van der Waals surface area contributed by atoms with Crippen molar-refractivity contribution in [2.45, 2.75) is 32.0 Å². The number of furan rings is 1. The van der Waals surface area contributed by atoms with Crippen molar-refractivity contribution in [1.82, 2.24) is 4.98 Å². The maximum atomic E-state index is 12.6. The third kappa shape index (κ3) is 4.01. The lowest BCUT2D eigenvalue weighted by Crippen LogP contribution is -2.17. The molecule has 0 spiro atoms. The van der Waals surface area contributed by atoms with Crippen molar-refractivity contribution in [2.24, 2.45) is 0 Å². The largest absolute Gasteiger partial charge is 0.469 e. The smallest absolute Gasteiger partial charge is 0.416 e. The van der Waals surface area contributed by atoms with E-state index in [0.29, 0.717) is 0 Å². The molecule has 108 valence electrons. The molecule has 0 aliphatic carbocycles. The van der Waals surface area contributed by atoms with E-state index in [-0.39, 0.29) is 11.9 Å². The summed E-state index contributed by atoms with van der Waals surface area (Å²) in [5.41, 5.74) is -0.701. The average molecular weight is 284 g/mol. The lowest BCUT2D eigenvalue weighted by atomic mass is 10.1. The van der Waals surface area contributed by atoms with Gasteiger partial charge in [0.2, 0.25) is 0 Å². The number of aryl methyl sites for hydroxylation is 1. The number of hydrogen-bond acceptors (Lipinski definition) is 3. The highest BCUT2D eigenvalue weighted by molar-refractivity contribution is 5.39. The Hall–Kier alpha value is -1.98. The van der Waals surface area contributed by atoms with E-state index >= 15 is 0 Å². The van der Waals surface area contributed by atoms with Gasteiger partial charge in [-0.05, 0) is 37.6 Å². The highest BCUT2D eigenvalue weighted by Gasteiger charge is 2.30. The van der Waals surface area contributed by atoms with Crippen LogP contribution in [-0.4, -0.2) is 11.0 Å². The SMILES string of the molecule is CC(CCc1ccco1)Nc1cc(C(F)(F)F)ccn1. The van der Waals surface area contributed by atoms with E-state index in [4.69, 9.17) is 4.42 Å². The summed E-state index contributed by atoms with van der Waals surface area (Å²) >= 11 is 0. The van der Waals surface area contributed by atoms with Crippen LogP contribution in [0.25, 0.3) is 0 Å². The maximum absolute atomic E-state index is 12.6. The third-order valence-corrected chi connectivity index (χ3v) is 2.89. The number of nitrogens with one attached hydrogen (secondary N) is 1. The van der Waals surface area contributed by atoms with Crippen molar-refractivity contribution in [2.75, 3.05) is 5.32 Å². The average Bonchev–Trinajstić information content (AvgIpc) is 2.89. The molecule has 0 aromatic carbocycles. The molecule has 0 saturated carbocycles. The number of halogens is 3. The summed E-state index contributed by atoms with van der Waals surface area (Å²) < 4.78 is 42.9. The summed E-state index contributed by atoms with van der Waals surface area (Å²) in [4.78, 5) is 3.90. The molecule has 0 saturated heterocycles. The van der Waals surface area contributed by atoms with E-state index in [9.17, 15) is 13.2 Å². The Bertz CT molecular complexity index is 538. The normalized spacial score (nSPS) is 13.2. The van der Waals surface area contributed by atoms with E-state index in [2.05, 4.69) is 10.3 Å². The molecule has 0 aliphatic heterocycles. The van der Waals surface area contributed by atoms with Gasteiger partial charge in [-0.1, -0.05) is 0 Å². The molecule has 2 heterocycles. The van der Waals surface area contributed by atoms with Gasteiger partial charge in [0.1, 0.15) is 11.6 Å². The number of anilines is 1. The molecule has 0 bridgehead atoms. The van der Waals surface area contributed by atoms with Gasteiger partial charge >= 0.3 is 6.18 Å². The fourth-order valence-electron chi connectivity index (χ4n) is 1.82. The number of hydrogen-bond donors (Lipinski definition) is 1. The molecule has 0 radical (unpaired) electrons. The fourth-order valence-corrected chi connectivity index (χ4v) is 1.82. The summed E-state index contributed by atoms with van der Waals surface area (Å²) in [6.45, 7) is 1.89. The Kier molecular flexibility index (Phi) is 4.32. The summed E-state index contributed by atoms with van der Waals surface area (Å²) in [6, 6.07) is 5.65. The number of nitrogens with zero attached hydrogens (tertiary/aromatic N) is 1. The Morgan fingerprint density at radius 2 is 2.15 bits per heavy atom. The first-order valence-corrected chi connectivity index (χ1v) is 6.27. The van der Waals surface area contributed by atoms with E-state index in [0.717, 1.165) is 36.9 Å². The molecule has 1 atom stereocenters. The van der Waals surface area contributed by atoms with Gasteiger partial charge in [-0.3, -0.25) is 0 Å². The topological polar surface area (TPSA) is 38.1 Å². The zero-order valence-electron chi connectivity index (χ0n) is 10.9. The first kappa shape index (κ1) is 14.4. The van der Waals surface area contributed by atoms with E-state index < -0.39 is 11.7 Å². The lowest BCUT2D eigenvalue weighted by Gasteiger charge is -2.15. The fraction of sp³-hybridized carbons (Fsp3) is 0.357. The summed E-state index contributed by atoms with van der Waals surface area (Å²) in [5, 5.41) is 2.96. The van der Waals surface area contributed by atoms with Crippen LogP contribution >= 0.6 is 0 Å². The Balaban J connectivity index is 1.92. The van der Waals surface area contributed by atoms with Crippen molar-refractivity contribution in [3.05, 3.63) is 48.0 Å². The van der Waals surface area contributed by atoms with Gasteiger partial charge in [0, 0.05) is 18.7 Å². The van der Waals surface area contributed by atoms with Gasteiger partial charge in [-0.15, -0.1) is 0 Å². The summed E-state index contributed by atoms with van der Waals surface area (Å²) in [5.74, 6) is 1.09. The quantitative estimate of drug-likeness (QED) is 0.897. The van der Waals surface area contributed by atoms with Crippen LogP contribution in [0, 0.1) is 0 Å². The number of aromatic nitrogens is 1. The molecular formula is C14H15F3N2O.